The van der Waals surface area contributed by atoms with E-state index in [4.69, 9.17) is 0 Å². The molecule has 0 aromatic heterocycles. The fraction of sp³-hybridized carbons (Fsp3) is 0.355. The summed E-state index contributed by atoms with van der Waals surface area (Å²) in [6.45, 7) is 5.28. The van der Waals surface area contributed by atoms with Crippen molar-refractivity contribution in [3.8, 4) is 0 Å². The summed E-state index contributed by atoms with van der Waals surface area (Å²) < 4.78 is 69.0. The molecule has 11 heteroatoms. The minimum Gasteiger partial charge on any atom is -0.354 e. The Balaban J connectivity index is 2.04. The van der Waals surface area contributed by atoms with Crippen LogP contribution in [0.3, 0.4) is 0 Å². The summed E-state index contributed by atoms with van der Waals surface area (Å²) in [6, 6.07) is 19.4. The third kappa shape index (κ3) is 8.58. The van der Waals surface area contributed by atoms with Crippen LogP contribution < -0.4 is 9.62 Å². The van der Waals surface area contributed by atoms with Crippen LogP contribution in [0.15, 0.2) is 89.8 Å². The summed E-state index contributed by atoms with van der Waals surface area (Å²) in [5, 5.41) is 2.84. The van der Waals surface area contributed by atoms with Gasteiger partial charge in [-0.15, -0.1) is 0 Å². The average molecular weight is 604 g/mol. The molecule has 0 bridgehead atoms. The van der Waals surface area contributed by atoms with Crippen molar-refractivity contribution in [2.45, 2.75) is 50.7 Å². The number of carbonyl (C=O) groups excluding carboxylic acids is 2. The monoisotopic (exact) mass is 603 g/mol. The van der Waals surface area contributed by atoms with E-state index in [2.05, 4.69) is 5.32 Å². The summed E-state index contributed by atoms with van der Waals surface area (Å²) in [6.07, 6.45) is -4.10. The number of hydrogen-bond acceptors (Lipinski definition) is 4. The lowest BCUT2D eigenvalue weighted by Crippen LogP contribution is -2.53. The van der Waals surface area contributed by atoms with Gasteiger partial charge in [-0.3, -0.25) is 13.9 Å². The van der Waals surface area contributed by atoms with Crippen molar-refractivity contribution in [2.24, 2.45) is 5.92 Å². The second-order valence-corrected chi connectivity index (χ2v) is 12.1. The van der Waals surface area contributed by atoms with E-state index in [9.17, 15) is 31.2 Å². The number of benzene rings is 3. The van der Waals surface area contributed by atoms with Gasteiger partial charge < -0.3 is 10.2 Å². The fourth-order valence-electron chi connectivity index (χ4n) is 4.40. The number of alkyl halides is 3. The number of carbonyl (C=O) groups is 2. The number of amides is 2. The van der Waals surface area contributed by atoms with Gasteiger partial charge in [0.25, 0.3) is 10.0 Å². The molecule has 42 heavy (non-hydrogen) atoms. The van der Waals surface area contributed by atoms with E-state index >= 15 is 0 Å². The van der Waals surface area contributed by atoms with Crippen LogP contribution >= 0.6 is 0 Å². The highest BCUT2D eigenvalue weighted by molar-refractivity contribution is 7.92. The molecule has 0 aliphatic rings. The summed E-state index contributed by atoms with van der Waals surface area (Å²) in [5.41, 5.74) is -0.470. The van der Waals surface area contributed by atoms with E-state index in [0.29, 0.717) is 23.3 Å². The van der Waals surface area contributed by atoms with Crippen molar-refractivity contribution in [2.75, 3.05) is 23.9 Å². The molecule has 0 saturated carbocycles. The molecule has 0 saturated heterocycles. The lowest BCUT2D eigenvalue weighted by molar-refractivity contribution is -0.139. The Morgan fingerprint density at radius 1 is 0.905 bits per heavy atom. The number of hydrogen-bond donors (Lipinski definition) is 1. The first kappa shape index (κ1) is 32.7. The maximum atomic E-state index is 14.0. The highest BCUT2D eigenvalue weighted by Crippen LogP contribution is 2.33. The average Bonchev–Trinajstić information content (AvgIpc) is 2.97. The molecule has 1 unspecified atom stereocenters. The summed E-state index contributed by atoms with van der Waals surface area (Å²) in [7, 11) is -4.47. The van der Waals surface area contributed by atoms with Gasteiger partial charge in [-0.1, -0.05) is 75.4 Å². The first-order valence-electron chi connectivity index (χ1n) is 13.7. The molecule has 0 radical (unpaired) electrons. The van der Waals surface area contributed by atoms with Crippen molar-refractivity contribution < 1.29 is 31.2 Å². The van der Waals surface area contributed by atoms with Gasteiger partial charge in [0.15, 0.2) is 0 Å². The minimum absolute atomic E-state index is 0.0955. The Morgan fingerprint density at radius 3 is 2.10 bits per heavy atom. The van der Waals surface area contributed by atoms with Gasteiger partial charge in [-0.25, -0.2) is 8.42 Å². The van der Waals surface area contributed by atoms with Crippen LogP contribution in [0.2, 0.25) is 0 Å². The number of rotatable bonds is 13. The standard InChI is InChI=1S/C31H36F3N3O4S/c1-4-28(30(39)35-21-23(2)3)36(19-18-24-12-7-5-8-13-24)29(38)22-37(42(40,41)27-16-9-6-10-17-27)26-15-11-14-25(20-26)31(32,33)34/h5-17,20,23,28H,4,18-19,21-22H2,1-3H3,(H,35,39). The van der Waals surface area contributed by atoms with Crippen molar-refractivity contribution >= 4 is 27.5 Å². The number of nitrogens with zero attached hydrogens (tertiary/aromatic N) is 2. The van der Waals surface area contributed by atoms with Gasteiger partial charge in [0.1, 0.15) is 12.6 Å². The third-order valence-electron chi connectivity index (χ3n) is 6.63. The highest BCUT2D eigenvalue weighted by atomic mass is 32.2. The maximum absolute atomic E-state index is 14.0. The molecular formula is C31H36F3N3O4S. The van der Waals surface area contributed by atoms with E-state index in [-0.39, 0.29) is 35.4 Å². The second kappa shape index (κ2) is 14.4. The predicted molar refractivity (Wildman–Crippen MR) is 156 cm³/mol. The van der Waals surface area contributed by atoms with Crippen molar-refractivity contribution in [3.63, 3.8) is 0 Å². The molecular weight excluding hydrogens is 567 g/mol. The van der Waals surface area contributed by atoms with Gasteiger partial charge in [-0.05, 0) is 54.7 Å². The Bertz CT molecular complexity index is 1430. The zero-order valence-corrected chi connectivity index (χ0v) is 24.7. The molecule has 0 spiro atoms. The molecule has 2 amide bonds. The highest BCUT2D eigenvalue weighted by Gasteiger charge is 2.35. The van der Waals surface area contributed by atoms with Gasteiger partial charge in [0, 0.05) is 13.1 Å². The number of nitrogens with one attached hydrogen (secondary N) is 1. The molecule has 0 fully saturated rings. The second-order valence-electron chi connectivity index (χ2n) is 10.3. The third-order valence-corrected chi connectivity index (χ3v) is 8.41. The van der Waals surface area contributed by atoms with Gasteiger partial charge >= 0.3 is 6.18 Å². The van der Waals surface area contributed by atoms with Gasteiger partial charge in [-0.2, -0.15) is 13.2 Å². The molecule has 3 aromatic carbocycles. The van der Waals surface area contributed by atoms with E-state index in [0.717, 1.165) is 17.7 Å². The SMILES string of the molecule is CCC(C(=O)NCC(C)C)N(CCc1ccccc1)C(=O)CN(c1cccc(C(F)(F)F)c1)S(=O)(=O)c1ccccc1. The Morgan fingerprint density at radius 2 is 1.52 bits per heavy atom. The summed E-state index contributed by atoms with van der Waals surface area (Å²) >= 11 is 0. The number of halogens is 3. The Hall–Kier alpha value is -3.86. The molecule has 1 N–H and O–H groups in total. The fourth-order valence-corrected chi connectivity index (χ4v) is 5.83. The van der Waals surface area contributed by atoms with Crippen LogP contribution in [0.25, 0.3) is 0 Å². The first-order chi connectivity index (χ1) is 19.8. The van der Waals surface area contributed by atoms with Crippen LogP contribution in [0.4, 0.5) is 18.9 Å². The zero-order valence-electron chi connectivity index (χ0n) is 23.8. The van der Waals surface area contributed by atoms with Crippen LogP contribution in [0, 0.1) is 5.92 Å². The lowest BCUT2D eigenvalue weighted by atomic mass is 10.1. The first-order valence-corrected chi connectivity index (χ1v) is 15.1. The van der Waals surface area contributed by atoms with Crippen LogP contribution in [-0.2, 0) is 32.2 Å². The van der Waals surface area contributed by atoms with Crippen molar-refractivity contribution in [1.29, 1.82) is 0 Å². The van der Waals surface area contributed by atoms with E-state index in [1.165, 1.54) is 35.2 Å². The molecule has 3 rings (SSSR count). The smallest absolute Gasteiger partial charge is 0.354 e. The van der Waals surface area contributed by atoms with Crippen LogP contribution in [0.5, 0.6) is 0 Å². The Kier molecular flexibility index (Phi) is 11.2. The quantitative estimate of drug-likeness (QED) is 0.279. The van der Waals surface area contributed by atoms with Crippen LogP contribution in [-0.4, -0.2) is 50.8 Å². The van der Waals surface area contributed by atoms with Crippen LogP contribution in [0.1, 0.15) is 38.3 Å². The largest absolute Gasteiger partial charge is 0.416 e. The summed E-state index contributed by atoms with van der Waals surface area (Å²) in [5.74, 6) is -0.939. The van der Waals surface area contributed by atoms with Crippen molar-refractivity contribution in [1.82, 2.24) is 10.2 Å². The molecule has 0 aliphatic heterocycles. The van der Waals surface area contributed by atoms with E-state index in [1.54, 1.807) is 13.0 Å². The number of sulfonamides is 1. The molecule has 1 atom stereocenters. The number of anilines is 1. The van der Waals surface area contributed by atoms with Gasteiger partial charge in [0.05, 0.1) is 16.1 Å². The molecule has 3 aromatic rings. The van der Waals surface area contributed by atoms with E-state index in [1.807, 2.05) is 44.2 Å². The molecule has 226 valence electrons. The topological polar surface area (TPSA) is 86.8 Å². The Labute approximate surface area is 245 Å². The van der Waals surface area contributed by atoms with Crippen molar-refractivity contribution in [3.05, 3.63) is 96.1 Å². The maximum Gasteiger partial charge on any atom is 0.416 e. The zero-order chi connectivity index (χ0) is 30.9. The minimum atomic E-state index is -4.73. The summed E-state index contributed by atoms with van der Waals surface area (Å²) in [4.78, 5) is 28.3. The van der Waals surface area contributed by atoms with Gasteiger partial charge in [0.2, 0.25) is 11.8 Å². The molecule has 0 aliphatic carbocycles. The molecule has 7 nitrogen and oxygen atoms in total. The van der Waals surface area contributed by atoms with E-state index < -0.39 is 40.3 Å². The molecule has 0 heterocycles. The normalized spacial score (nSPS) is 12.5. The predicted octanol–water partition coefficient (Wildman–Crippen LogP) is 5.52. The lowest BCUT2D eigenvalue weighted by Gasteiger charge is -2.33.